The van der Waals surface area contributed by atoms with Crippen LogP contribution in [0.25, 0.3) is 11.5 Å². The molecule has 0 aliphatic rings. The molecule has 0 amide bonds. The van der Waals surface area contributed by atoms with E-state index in [1.807, 2.05) is 31.2 Å². The summed E-state index contributed by atoms with van der Waals surface area (Å²) in [6, 6.07) is 9.72. The van der Waals surface area contributed by atoms with E-state index in [0.717, 1.165) is 23.3 Å². The third-order valence-corrected chi connectivity index (χ3v) is 3.03. The minimum absolute atomic E-state index is 0.0981. The lowest BCUT2D eigenvalue weighted by Gasteiger charge is -1.98. The molecule has 0 aliphatic heterocycles. The van der Waals surface area contributed by atoms with Crippen LogP contribution in [0.3, 0.4) is 0 Å². The lowest BCUT2D eigenvalue weighted by molar-refractivity contribution is -0.402. The summed E-state index contributed by atoms with van der Waals surface area (Å²) in [5.74, 6) is -1.28. The lowest BCUT2D eigenvalue weighted by atomic mass is 10.1. The highest BCUT2D eigenvalue weighted by Crippen LogP contribution is 2.20. The standard InChI is InChI=1S/C15H11N3O6/c1-9-3-2-4-10(7-9)14-17-16-12(24-14)8-22-15(19)11-5-6-13(23-11)18(20)21/h2-7H,8H2,1H3. The smallest absolute Gasteiger partial charge is 0.433 e. The number of rotatable bonds is 5. The number of aryl methyl sites for hydroxylation is 1. The molecule has 0 aliphatic carbocycles. The van der Waals surface area contributed by atoms with Crippen molar-refractivity contribution in [2.24, 2.45) is 0 Å². The van der Waals surface area contributed by atoms with Crippen molar-refractivity contribution in [3.63, 3.8) is 0 Å². The van der Waals surface area contributed by atoms with Crippen LogP contribution in [0, 0.1) is 17.0 Å². The van der Waals surface area contributed by atoms with Crippen molar-refractivity contribution in [3.8, 4) is 11.5 Å². The van der Waals surface area contributed by atoms with Gasteiger partial charge >= 0.3 is 11.9 Å². The SMILES string of the molecule is Cc1cccc(-c2nnc(COC(=O)c3ccc([N+](=O)[O-])o3)o2)c1. The summed E-state index contributed by atoms with van der Waals surface area (Å²) in [4.78, 5) is 21.5. The summed E-state index contributed by atoms with van der Waals surface area (Å²) in [6.45, 7) is 1.66. The Bertz CT molecular complexity index is 898. The van der Waals surface area contributed by atoms with Gasteiger partial charge in [0.1, 0.15) is 4.92 Å². The van der Waals surface area contributed by atoms with Crippen LogP contribution in [0.1, 0.15) is 22.0 Å². The molecule has 0 fully saturated rings. The first-order valence-electron chi connectivity index (χ1n) is 6.83. The molecular weight excluding hydrogens is 318 g/mol. The maximum absolute atomic E-state index is 11.7. The Kier molecular flexibility index (Phi) is 4.06. The maximum atomic E-state index is 11.7. The van der Waals surface area contributed by atoms with E-state index in [-0.39, 0.29) is 18.3 Å². The number of aromatic nitrogens is 2. The van der Waals surface area contributed by atoms with Gasteiger partial charge in [-0.1, -0.05) is 17.7 Å². The third kappa shape index (κ3) is 3.29. The first kappa shape index (κ1) is 15.4. The number of benzene rings is 1. The molecule has 24 heavy (non-hydrogen) atoms. The van der Waals surface area contributed by atoms with Crippen LogP contribution >= 0.6 is 0 Å². The van der Waals surface area contributed by atoms with Crippen molar-refractivity contribution in [2.45, 2.75) is 13.5 Å². The van der Waals surface area contributed by atoms with Gasteiger partial charge in [-0.15, -0.1) is 10.2 Å². The number of carbonyl (C=O) groups excluding carboxylic acids is 1. The zero-order chi connectivity index (χ0) is 17.1. The molecule has 122 valence electrons. The Morgan fingerprint density at radius 3 is 2.79 bits per heavy atom. The molecule has 0 spiro atoms. The Labute approximate surface area is 135 Å². The van der Waals surface area contributed by atoms with Crippen LogP contribution in [0.2, 0.25) is 0 Å². The van der Waals surface area contributed by atoms with Gasteiger partial charge in [0, 0.05) is 5.56 Å². The number of carbonyl (C=O) groups is 1. The van der Waals surface area contributed by atoms with Gasteiger partial charge in [-0.3, -0.25) is 10.1 Å². The summed E-state index contributed by atoms with van der Waals surface area (Å²) in [6.07, 6.45) is 0. The summed E-state index contributed by atoms with van der Waals surface area (Å²) in [5.41, 5.74) is 1.79. The number of hydrogen-bond donors (Lipinski definition) is 0. The molecular formula is C15H11N3O6. The minimum atomic E-state index is -0.863. The van der Waals surface area contributed by atoms with E-state index in [2.05, 4.69) is 10.2 Å². The van der Waals surface area contributed by atoms with Crippen molar-refractivity contribution < 1.29 is 23.3 Å². The number of hydrogen-bond acceptors (Lipinski definition) is 8. The number of nitro groups is 1. The molecule has 2 heterocycles. The fourth-order valence-corrected chi connectivity index (χ4v) is 1.94. The van der Waals surface area contributed by atoms with Crippen molar-refractivity contribution in [2.75, 3.05) is 0 Å². The Hall–Kier alpha value is -3.49. The molecule has 0 bridgehead atoms. The maximum Gasteiger partial charge on any atom is 0.433 e. The molecule has 0 radical (unpaired) electrons. The molecule has 9 heteroatoms. The van der Waals surface area contributed by atoms with Crippen LogP contribution < -0.4 is 0 Å². The predicted octanol–water partition coefficient (Wildman–Crippen LogP) is 2.90. The molecule has 2 aromatic heterocycles. The second-order valence-corrected chi connectivity index (χ2v) is 4.84. The normalized spacial score (nSPS) is 10.5. The van der Waals surface area contributed by atoms with Crippen molar-refractivity contribution in [3.05, 3.63) is 63.7 Å². The van der Waals surface area contributed by atoms with Crippen LogP contribution in [-0.2, 0) is 11.3 Å². The highest BCUT2D eigenvalue weighted by Gasteiger charge is 2.19. The molecule has 0 saturated carbocycles. The Morgan fingerprint density at radius 1 is 1.25 bits per heavy atom. The second-order valence-electron chi connectivity index (χ2n) is 4.84. The number of ether oxygens (including phenoxy) is 1. The number of nitrogens with zero attached hydrogens (tertiary/aromatic N) is 3. The highest BCUT2D eigenvalue weighted by atomic mass is 16.7. The third-order valence-electron chi connectivity index (χ3n) is 3.03. The van der Waals surface area contributed by atoms with Gasteiger partial charge in [-0.2, -0.15) is 0 Å². The van der Waals surface area contributed by atoms with Gasteiger partial charge < -0.3 is 13.6 Å². The second kappa shape index (κ2) is 6.32. The van der Waals surface area contributed by atoms with Gasteiger partial charge in [0.25, 0.3) is 5.89 Å². The average Bonchev–Trinajstić information content (AvgIpc) is 3.22. The van der Waals surface area contributed by atoms with Gasteiger partial charge in [-0.05, 0) is 25.1 Å². The van der Waals surface area contributed by atoms with Crippen LogP contribution in [0.5, 0.6) is 0 Å². The molecule has 3 aromatic rings. The molecule has 3 rings (SSSR count). The number of esters is 1. The van der Waals surface area contributed by atoms with Crippen molar-refractivity contribution >= 4 is 11.9 Å². The van der Waals surface area contributed by atoms with Crippen molar-refractivity contribution in [1.82, 2.24) is 10.2 Å². The average molecular weight is 329 g/mol. The van der Waals surface area contributed by atoms with E-state index in [1.165, 1.54) is 0 Å². The first-order chi connectivity index (χ1) is 11.5. The van der Waals surface area contributed by atoms with Crippen molar-refractivity contribution in [1.29, 1.82) is 0 Å². The van der Waals surface area contributed by atoms with Gasteiger partial charge in [0.2, 0.25) is 11.7 Å². The summed E-state index contributed by atoms with van der Waals surface area (Å²) < 4.78 is 15.1. The molecule has 0 unspecified atom stereocenters. The van der Waals surface area contributed by atoms with Crippen LogP contribution in [0.4, 0.5) is 5.88 Å². The molecule has 0 saturated heterocycles. The van der Waals surface area contributed by atoms with Gasteiger partial charge in [-0.25, -0.2) is 4.79 Å². The molecule has 0 N–H and O–H groups in total. The summed E-state index contributed by atoms with van der Waals surface area (Å²) in [5, 5.41) is 18.2. The predicted molar refractivity (Wildman–Crippen MR) is 79.0 cm³/mol. The summed E-state index contributed by atoms with van der Waals surface area (Å²) in [7, 11) is 0. The largest absolute Gasteiger partial charge is 0.450 e. The van der Waals surface area contributed by atoms with Gasteiger partial charge in [0.15, 0.2) is 6.61 Å². The monoisotopic (exact) mass is 329 g/mol. The quantitative estimate of drug-likeness (QED) is 0.398. The summed E-state index contributed by atoms with van der Waals surface area (Å²) >= 11 is 0. The van der Waals surface area contributed by atoms with E-state index < -0.39 is 16.8 Å². The highest BCUT2D eigenvalue weighted by molar-refractivity contribution is 5.86. The minimum Gasteiger partial charge on any atom is -0.450 e. The van der Waals surface area contributed by atoms with E-state index in [4.69, 9.17) is 13.6 Å². The zero-order valence-electron chi connectivity index (χ0n) is 12.5. The van der Waals surface area contributed by atoms with E-state index in [1.54, 1.807) is 0 Å². The Balaban J connectivity index is 1.64. The fraction of sp³-hybridized carbons (Fsp3) is 0.133. The van der Waals surface area contributed by atoms with Crippen LogP contribution in [-0.4, -0.2) is 21.1 Å². The van der Waals surface area contributed by atoms with Crippen LogP contribution in [0.15, 0.2) is 45.2 Å². The fourth-order valence-electron chi connectivity index (χ4n) is 1.94. The lowest BCUT2D eigenvalue weighted by Crippen LogP contribution is -2.04. The van der Waals surface area contributed by atoms with E-state index in [0.29, 0.717) is 5.89 Å². The van der Waals surface area contributed by atoms with E-state index >= 15 is 0 Å². The first-order valence-corrected chi connectivity index (χ1v) is 6.83. The Morgan fingerprint density at radius 2 is 2.08 bits per heavy atom. The molecule has 0 atom stereocenters. The van der Waals surface area contributed by atoms with E-state index in [9.17, 15) is 14.9 Å². The number of furan rings is 1. The molecule has 1 aromatic carbocycles. The molecule has 9 nitrogen and oxygen atoms in total. The van der Waals surface area contributed by atoms with Gasteiger partial charge in [0.05, 0.1) is 6.07 Å². The topological polar surface area (TPSA) is 122 Å². The zero-order valence-corrected chi connectivity index (χ0v) is 12.5.